The summed E-state index contributed by atoms with van der Waals surface area (Å²) in [6, 6.07) is 6.49. The summed E-state index contributed by atoms with van der Waals surface area (Å²) in [5.41, 5.74) is 0.802. The molecule has 0 atom stereocenters. The molecule has 0 spiro atoms. The van der Waals surface area contributed by atoms with Gasteiger partial charge in [-0.25, -0.2) is 9.37 Å². The van der Waals surface area contributed by atoms with Crippen molar-refractivity contribution in [3.63, 3.8) is 0 Å². The summed E-state index contributed by atoms with van der Waals surface area (Å²) in [6.45, 7) is 4.31. The maximum absolute atomic E-state index is 13.8. The molecule has 1 amide bonds. The van der Waals surface area contributed by atoms with E-state index < -0.39 is 0 Å². The van der Waals surface area contributed by atoms with Crippen molar-refractivity contribution < 1.29 is 9.18 Å². The maximum Gasteiger partial charge on any atom is 0.270 e. The monoisotopic (exact) mass is 375 g/mol. The lowest BCUT2D eigenvalue weighted by Gasteiger charge is -2.26. The second-order valence-corrected chi connectivity index (χ2v) is 7.59. The number of piperidine rings is 1. The van der Waals surface area contributed by atoms with Gasteiger partial charge in [0, 0.05) is 17.5 Å². The molecular formula is C20H26FN3OS. The van der Waals surface area contributed by atoms with Crippen LogP contribution in [-0.4, -0.2) is 42.0 Å². The molecule has 4 nitrogen and oxygen atoms in total. The number of nitrogens with zero attached hydrogens (tertiary/aromatic N) is 2. The molecule has 1 fully saturated rings. The third-order valence-electron chi connectivity index (χ3n) is 4.73. The number of carbonyl (C=O) groups excluding carboxylic acids is 1. The number of hydrogen-bond donors (Lipinski definition) is 1. The minimum absolute atomic E-state index is 0.181. The molecule has 2 aromatic rings. The Morgan fingerprint density at radius 2 is 1.96 bits per heavy atom. The number of aromatic nitrogens is 1. The lowest BCUT2D eigenvalue weighted by atomic mass is 10.1. The van der Waals surface area contributed by atoms with Crippen molar-refractivity contribution in [2.45, 2.75) is 38.5 Å². The Hall–Kier alpha value is -1.79. The van der Waals surface area contributed by atoms with Gasteiger partial charge in [0.05, 0.1) is 0 Å². The number of thiazole rings is 1. The molecule has 3 rings (SSSR count). The largest absolute Gasteiger partial charge is 0.351 e. The Balaban J connectivity index is 1.37. The third kappa shape index (κ3) is 5.35. The molecule has 0 radical (unpaired) electrons. The lowest BCUT2D eigenvalue weighted by molar-refractivity contribution is 0.0948. The Kier molecular flexibility index (Phi) is 7.14. The Bertz CT molecular complexity index is 713. The fraction of sp³-hybridized carbons (Fsp3) is 0.500. The second-order valence-electron chi connectivity index (χ2n) is 6.74. The quantitative estimate of drug-likeness (QED) is 0.698. The smallest absolute Gasteiger partial charge is 0.270 e. The van der Waals surface area contributed by atoms with Crippen LogP contribution < -0.4 is 5.32 Å². The van der Waals surface area contributed by atoms with Gasteiger partial charge in [0.25, 0.3) is 5.91 Å². The van der Waals surface area contributed by atoms with E-state index in [1.807, 2.05) is 0 Å². The number of hydrogen-bond acceptors (Lipinski definition) is 4. The van der Waals surface area contributed by atoms with Crippen LogP contribution in [0.4, 0.5) is 4.39 Å². The number of nitrogens with one attached hydrogen (secondary N) is 1. The number of rotatable bonds is 8. The highest BCUT2D eigenvalue weighted by Gasteiger charge is 2.13. The molecule has 1 saturated heterocycles. The van der Waals surface area contributed by atoms with E-state index in [0.29, 0.717) is 22.8 Å². The molecule has 0 aliphatic carbocycles. The summed E-state index contributed by atoms with van der Waals surface area (Å²) < 4.78 is 13.8. The van der Waals surface area contributed by atoms with Crippen molar-refractivity contribution in [1.29, 1.82) is 0 Å². The fourth-order valence-corrected chi connectivity index (χ4v) is 4.08. The molecule has 1 aliphatic heterocycles. The van der Waals surface area contributed by atoms with Gasteiger partial charge in [-0.05, 0) is 57.5 Å². The number of carbonyl (C=O) groups is 1. The molecule has 6 heteroatoms. The SMILES string of the molecule is O=C(NCCCCCN1CCCCC1)c1csc(-c2ccccc2F)n1. The van der Waals surface area contributed by atoms with Gasteiger partial charge in [-0.3, -0.25) is 4.79 Å². The van der Waals surface area contributed by atoms with Crippen molar-refractivity contribution in [2.75, 3.05) is 26.2 Å². The number of halogens is 1. The molecular weight excluding hydrogens is 349 g/mol. The molecule has 1 N–H and O–H groups in total. The van der Waals surface area contributed by atoms with E-state index in [-0.39, 0.29) is 11.7 Å². The van der Waals surface area contributed by atoms with E-state index in [0.717, 1.165) is 12.8 Å². The molecule has 0 bridgehead atoms. The zero-order chi connectivity index (χ0) is 18.2. The highest BCUT2D eigenvalue weighted by molar-refractivity contribution is 7.13. The van der Waals surface area contributed by atoms with E-state index in [4.69, 9.17) is 0 Å². The fourth-order valence-electron chi connectivity index (χ4n) is 3.25. The van der Waals surface area contributed by atoms with Crippen LogP contribution in [0.15, 0.2) is 29.6 Å². The van der Waals surface area contributed by atoms with Crippen LogP contribution >= 0.6 is 11.3 Å². The Morgan fingerprint density at radius 3 is 2.77 bits per heavy atom. The van der Waals surface area contributed by atoms with Gasteiger partial charge < -0.3 is 10.2 Å². The summed E-state index contributed by atoms with van der Waals surface area (Å²) in [7, 11) is 0. The van der Waals surface area contributed by atoms with Gasteiger partial charge in [0.1, 0.15) is 16.5 Å². The summed E-state index contributed by atoms with van der Waals surface area (Å²) in [6.07, 6.45) is 7.32. The Labute approximate surface area is 158 Å². The standard InChI is InChI=1S/C20H26FN3OS/c21-17-10-4-3-9-16(17)20-23-18(15-26-20)19(25)22-11-5-1-6-12-24-13-7-2-8-14-24/h3-4,9-10,15H,1-2,5-8,11-14H2,(H,22,25). The first kappa shape index (κ1) is 19.0. The van der Waals surface area contributed by atoms with Gasteiger partial charge in [-0.1, -0.05) is 25.0 Å². The minimum atomic E-state index is -0.317. The number of amides is 1. The summed E-state index contributed by atoms with van der Waals surface area (Å²) in [5, 5.41) is 5.14. The first-order valence-electron chi connectivity index (χ1n) is 9.45. The number of likely N-dealkylation sites (tertiary alicyclic amines) is 1. The first-order valence-corrected chi connectivity index (χ1v) is 10.3. The Morgan fingerprint density at radius 1 is 1.15 bits per heavy atom. The molecule has 1 aliphatic rings. The van der Waals surface area contributed by atoms with E-state index >= 15 is 0 Å². The van der Waals surface area contributed by atoms with Gasteiger partial charge in [-0.15, -0.1) is 11.3 Å². The molecule has 26 heavy (non-hydrogen) atoms. The van der Waals surface area contributed by atoms with E-state index in [2.05, 4.69) is 15.2 Å². The summed E-state index contributed by atoms with van der Waals surface area (Å²) in [5.74, 6) is -0.498. The number of unbranched alkanes of at least 4 members (excludes halogenated alkanes) is 2. The number of benzene rings is 1. The lowest BCUT2D eigenvalue weighted by Crippen LogP contribution is -2.30. The minimum Gasteiger partial charge on any atom is -0.351 e. The van der Waals surface area contributed by atoms with Crippen LogP contribution in [0.3, 0.4) is 0 Å². The van der Waals surface area contributed by atoms with Crippen LogP contribution in [0.5, 0.6) is 0 Å². The van der Waals surface area contributed by atoms with Gasteiger partial charge in [0.2, 0.25) is 0 Å². The average molecular weight is 376 g/mol. The van der Waals surface area contributed by atoms with Crippen LogP contribution in [0.25, 0.3) is 10.6 Å². The van der Waals surface area contributed by atoms with Crippen LogP contribution in [-0.2, 0) is 0 Å². The molecule has 140 valence electrons. The van der Waals surface area contributed by atoms with E-state index in [1.165, 1.54) is 62.7 Å². The zero-order valence-electron chi connectivity index (χ0n) is 15.0. The van der Waals surface area contributed by atoms with Crippen molar-refractivity contribution in [3.8, 4) is 10.6 Å². The van der Waals surface area contributed by atoms with E-state index in [1.54, 1.807) is 23.6 Å². The predicted octanol–water partition coefficient (Wildman–Crippen LogP) is 4.34. The topological polar surface area (TPSA) is 45.2 Å². The first-order chi connectivity index (χ1) is 12.7. The normalized spacial score (nSPS) is 15.1. The van der Waals surface area contributed by atoms with E-state index in [9.17, 15) is 9.18 Å². The highest BCUT2D eigenvalue weighted by Crippen LogP contribution is 2.26. The molecule has 1 aromatic heterocycles. The van der Waals surface area contributed by atoms with Crippen LogP contribution in [0.2, 0.25) is 0 Å². The van der Waals surface area contributed by atoms with Crippen molar-refractivity contribution in [3.05, 3.63) is 41.2 Å². The predicted molar refractivity (Wildman–Crippen MR) is 104 cm³/mol. The highest BCUT2D eigenvalue weighted by atomic mass is 32.1. The zero-order valence-corrected chi connectivity index (χ0v) is 15.9. The molecule has 0 saturated carbocycles. The average Bonchev–Trinajstić information content (AvgIpc) is 3.15. The van der Waals surface area contributed by atoms with Crippen LogP contribution in [0.1, 0.15) is 49.0 Å². The molecule has 2 heterocycles. The van der Waals surface area contributed by atoms with Crippen LogP contribution in [0, 0.1) is 5.82 Å². The molecule has 1 aromatic carbocycles. The van der Waals surface area contributed by atoms with Crippen molar-refractivity contribution in [2.24, 2.45) is 0 Å². The molecule has 0 unspecified atom stereocenters. The maximum atomic E-state index is 13.8. The second kappa shape index (κ2) is 9.78. The van der Waals surface area contributed by atoms with Gasteiger partial charge in [-0.2, -0.15) is 0 Å². The van der Waals surface area contributed by atoms with Crippen molar-refractivity contribution in [1.82, 2.24) is 15.2 Å². The van der Waals surface area contributed by atoms with Gasteiger partial charge in [0.15, 0.2) is 0 Å². The summed E-state index contributed by atoms with van der Waals surface area (Å²) in [4.78, 5) is 19.0. The van der Waals surface area contributed by atoms with Gasteiger partial charge >= 0.3 is 0 Å². The van der Waals surface area contributed by atoms with Crippen molar-refractivity contribution >= 4 is 17.2 Å². The summed E-state index contributed by atoms with van der Waals surface area (Å²) >= 11 is 1.29. The third-order valence-corrected chi connectivity index (χ3v) is 5.60.